The number of urea groups is 1. The lowest BCUT2D eigenvalue weighted by Crippen LogP contribution is -2.54. The van der Waals surface area contributed by atoms with Gasteiger partial charge < -0.3 is 15.0 Å². The first kappa shape index (κ1) is 19.2. The van der Waals surface area contributed by atoms with Gasteiger partial charge in [-0.25, -0.2) is 18.4 Å². The number of carbonyl (C=O) groups excluding carboxylic acids is 2. The van der Waals surface area contributed by atoms with Crippen molar-refractivity contribution < 1.29 is 23.1 Å². The van der Waals surface area contributed by atoms with Crippen molar-refractivity contribution >= 4 is 17.9 Å². The maximum atomic E-state index is 13.5. The van der Waals surface area contributed by atoms with Crippen molar-refractivity contribution in [3.63, 3.8) is 0 Å². The van der Waals surface area contributed by atoms with Crippen LogP contribution in [0, 0.1) is 11.6 Å². The smallest absolute Gasteiger partial charge is 0.407 e. The van der Waals surface area contributed by atoms with Gasteiger partial charge in [-0.15, -0.1) is 0 Å². The molecule has 3 heterocycles. The highest BCUT2D eigenvalue weighted by Crippen LogP contribution is 2.32. The highest BCUT2D eigenvalue weighted by molar-refractivity contribution is 5.89. The Balaban J connectivity index is 1.41. The molecule has 0 radical (unpaired) electrons. The van der Waals surface area contributed by atoms with Crippen molar-refractivity contribution in [3.8, 4) is 11.3 Å². The predicted molar refractivity (Wildman–Crippen MR) is 100 cm³/mol. The summed E-state index contributed by atoms with van der Waals surface area (Å²) in [4.78, 5) is 25.8. The van der Waals surface area contributed by atoms with E-state index in [-0.39, 0.29) is 11.6 Å². The maximum absolute atomic E-state index is 13.5. The van der Waals surface area contributed by atoms with E-state index in [9.17, 15) is 18.4 Å². The summed E-state index contributed by atoms with van der Waals surface area (Å²) in [6.45, 7) is 1.49. The SMILES string of the molecule is Cn1nc(-c2cc(F)cc(F)c2)cc1NC(=O)N1CCC2(CCNC(=O)O2)CC1. The zero-order valence-corrected chi connectivity index (χ0v) is 15.9. The van der Waals surface area contributed by atoms with E-state index in [0.29, 0.717) is 44.0 Å². The van der Waals surface area contributed by atoms with E-state index in [1.54, 1.807) is 18.0 Å². The summed E-state index contributed by atoms with van der Waals surface area (Å²) >= 11 is 0. The molecule has 2 aromatic rings. The quantitative estimate of drug-likeness (QED) is 0.804. The first-order valence-electron chi connectivity index (χ1n) is 9.37. The molecule has 2 aliphatic rings. The summed E-state index contributed by atoms with van der Waals surface area (Å²) < 4.78 is 33.8. The van der Waals surface area contributed by atoms with Gasteiger partial charge in [0, 0.05) is 63.6 Å². The van der Waals surface area contributed by atoms with Gasteiger partial charge in [-0.1, -0.05) is 0 Å². The van der Waals surface area contributed by atoms with Crippen molar-refractivity contribution in [1.82, 2.24) is 20.0 Å². The zero-order valence-electron chi connectivity index (χ0n) is 15.9. The molecule has 1 spiro atoms. The number of piperidine rings is 1. The molecule has 0 atom stereocenters. The molecule has 10 heteroatoms. The van der Waals surface area contributed by atoms with Gasteiger partial charge in [0.05, 0.1) is 5.69 Å². The molecule has 2 N–H and O–H groups in total. The normalized spacial score (nSPS) is 18.3. The Morgan fingerprint density at radius 1 is 1.17 bits per heavy atom. The van der Waals surface area contributed by atoms with Crippen LogP contribution in [-0.4, -0.2) is 52.0 Å². The molecular formula is C19H21F2N5O3. The largest absolute Gasteiger partial charge is 0.443 e. The molecule has 0 aliphatic carbocycles. The minimum Gasteiger partial charge on any atom is -0.443 e. The number of carbonyl (C=O) groups is 2. The van der Waals surface area contributed by atoms with Crippen LogP contribution in [0.4, 0.5) is 24.2 Å². The maximum Gasteiger partial charge on any atom is 0.407 e. The van der Waals surface area contributed by atoms with Crippen LogP contribution in [0.25, 0.3) is 11.3 Å². The number of alkyl carbamates (subject to hydrolysis) is 1. The van der Waals surface area contributed by atoms with Crippen molar-refractivity contribution in [1.29, 1.82) is 0 Å². The number of aryl methyl sites for hydroxylation is 1. The Bertz CT molecular complexity index is 933. The predicted octanol–water partition coefficient (Wildman–Crippen LogP) is 2.86. The minimum atomic E-state index is -0.697. The zero-order chi connectivity index (χ0) is 20.6. The fourth-order valence-corrected chi connectivity index (χ4v) is 3.76. The topological polar surface area (TPSA) is 88.5 Å². The number of amides is 3. The molecule has 8 nitrogen and oxygen atoms in total. The number of ether oxygens (including phenoxy) is 1. The van der Waals surface area contributed by atoms with Crippen LogP contribution in [0.15, 0.2) is 24.3 Å². The summed E-state index contributed by atoms with van der Waals surface area (Å²) in [5.74, 6) is -0.988. The monoisotopic (exact) mass is 405 g/mol. The van der Waals surface area contributed by atoms with E-state index in [4.69, 9.17) is 4.74 Å². The fraction of sp³-hybridized carbons (Fsp3) is 0.421. The average Bonchev–Trinajstić information content (AvgIpc) is 3.02. The number of rotatable bonds is 2. The lowest BCUT2D eigenvalue weighted by atomic mass is 9.87. The average molecular weight is 405 g/mol. The first-order valence-corrected chi connectivity index (χ1v) is 9.37. The number of nitrogens with zero attached hydrogens (tertiary/aromatic N) is 3. The van der Waals surface area contributed by atoms with Crippen LogP contribution in [-0.2, 0) is 11.8 Å². The highest BCUT2D eigenvalue weighted by Gasteiger charge is 2.41. The first-order chi connectivity index (χ1) is 13.8. The molecule has 154 valence electrons. The fourth-order valence-electron chi connectivity index (χ4n) is 3.76. The molecule has 0 saturated carbocycles. The molecule has 2 aliphatic heterocycles. The van der Waals surface area contributed by atoms with E-state index in [2.05, 4.69) is 15.7 Å². The van der Waals surface area contributed by atoms with Crippen LogP contribution in [0.3, 0.4) is 0 Å². The van der Waals surface area contributed by atoms with Crippen molar-refractivity contribution in [2.45, 2.75) is 24.9 Å². The molecule has 1 aromatic carbocycles. The van der Waals surface area contributed by atoms with E-state index >= 15 is 0 Å². The third-order valence-corrected chi connectivity index (χ3v) is 5.39. The molecular weight excluding hydrogens is 384 g/mol. The number of benzene rings is 1. The molecule has 29 heavy (non-hydrogen) atoms. The van der Waals surface area contributed by atoms with Crippen LogP contribution in [0.5, 0.6) is 0 Å². The van der Waals surface area contributed by atoms with Gasteiger partial charge in [0.25, 0.3) is 0 Å². The Kier molecular flexibility index (Phi) is 4.85. The molecule has 0 bridgehead atoms. The van der Waals surface area contributed by atoms with E-state index < -0.39 is 23.3 Å². The molecule has 4 rings (SSSR count). The van der Waals surface area contributed by atoms with Gasteiger partial charge >= 0.3 is 12.1 Å². The van der Waals surface area contributed by atoms with E-state index in [1.165, 1.54) is 16.8 Å². The Hall–Kier alpha value is -3.17. The Morgan fingerprint density at radius 3 is 2.52 bits per heavy atom. The summed E-state index contributed by atoms with van der Waals surface area (Å²) in [5.41, 5.74) is 0.131. The molecule has 2 fully saturated rings. The Morgan fingerprint density at radius 2 is 1.86 bits per heavy atom. The second-order valence-corrected chi connectivity index (χ2v) is 7.36. The van der Waals surface area contributed by atoms with Gasteiger partial charge in [0.1, 0.15) is 23.1 Å². The standard InChI is InChI=1S/C19H21F2N5O3/c1-25-16(11-15(24-25)12-8-13(20)10-14(21)9-12)23-17(27)26-6-3-19(4-7-26)2-5-22-18(28)29-19/h8-11H,2-7H2,1H3,(H,22,28)(H,23,27). The van der Waals surface area contributed by atoms with Crippen LogP contribution < -0.4 is 10.6 Å². The third kappa shape index (κ3) is 4.01. The van der Waals surface area contributed by atoms with Gasteiger partial charge in [-0.3, -0.25) is 10.00 Å². The number of anilines is 1. The summed E-state index contributed by atoms with van der Waals surface area (Å²) in [6, 6.07) is 4.41. The van der Waals surface area contributed by atoms with Gasteiger partial charge in [-0.05, 0) is 12.1 Å². The molecule has 2 saturated heterocycles. The lowest BCUT2D eigenvalue weighted by Gasteiger charge is -2.43. The molecule has 1 aromatic heterocycles. The number of likely N-dealkylation sites (tertiary alicyclic amines) is 1. The summed E-state index contributed by atoms with van der Waals surface area (Å²) in [6.07, 6.45) is 1.47. The van der Waals surface area contributed by atoms with E-state index in [1.807, 2.05) is 0 Å². The Labute approximate surface area is 165 Å². The van der Waals surface area contributed by atoms with Crippen molar-refractivity contribution in [2.75, 3.05) is 25.0 Å². The molecule has 0 unspecified atom stereocenters. The number of halogens is 2. The van der Waals surface area contributed by atoms with Crippen LogP contribution in [0.2, 0.25) is 0 Å². The highest BCUT2D eigenvalue weighted by atomic mass is 19.1. The van der Waals surface area contributed by atoms with Crippen LogP contribution >= 0.6 is 0 Å². The number of hydrogen-bond acceptors (Lipinski definition) is 4. The number of hydrogen-bond donors (Lipinski definition) is 2. The van der Waals surface area contributed by atoms with Crippen molar-refractivity contribution in [3.05, 3.63) is 35.9 Å². The second kappa shape index (κ2) is 7.34. The lowest BCUT2D eigenvalue weighted by molar-refractivity contribution is -0.0472. The van der Waals surface area contributed by atoms with E-state index in [0.717, 1.165) is 12.5 Å². The molecule has 3 amide bonds. The van der Waals surface area contributed by atoms with Crippen molar-refractivity contribution in [2.24, 2.45) is 7.05 Å². The summed E-state index contributed by atoms with van der Waals surface area (Å²) in [5, 5.41) is 9.64. The minimum absolute atomic E-state index is 0.284. The number of nitrogens with one attached hydrogen (secondary N) is 2. The van der Waals surface area contributed by atoms with Crippen LogP contribution in [0.1, 0.15) is 19.3 Å². The van der Waals surface area contributed by atoms with Gasteiger partial charge in [0.2, 0.25) is 0 Å². The third-order valence-electron chi connectivity index (χ3n) is 5.39. The summed E-state index contributed by atoms with van der Waals surface area (Å²) in [7, 11) is 1.63. The van der Waals surface area contributed by atoms with Gasteiger partial charge in [-0.2, -0.15) is 5.10 Å². The number of aromatic nitrogens is 2. The second-order valence-electron chi connectivity index (χ2n) is 7.36. The van der Waals surface area contributed by atoms with Gasteiger partial charge in [0.15, 0.2) is 0 Å².